The minimum Gasteiger partial charge on any atom is -0.464 e. The number of amides is 1. The van der Waals surface area contributed by atoms with Gasteiger partial charge in [-0.3, -0.25) is 4.90 Å². The lowest BCUT2D eigenvalue weighted by atomic mass is 9.75. The van der Waals surface area contributed by atoms with Gasteiger partial charge in [-0.05, 0) is 49.3 Å². The van der Waals surface area contributed by atoms with Crippen molar-refractivity contribution < 1.29 is 23.8 Å². The molecular formula is C25H33BN3O5. The lowest BCUT2D eigenvalue weighted by Gasteiger charge is -2.37. The van der Waals surface area contributed by atoms with Crippen LogP contribution in [0.2, 0.25) is 0 Å². The molecule has 1 amide bonds. The lowest BCUT2D eigenvalue weighted by Crippen LogP contribution is -2.49. The number of nitrogens with one attached hydrogen (secondary N) is 1. The standard InChI is InChI=1S/C25H33BN3O5/c1-24(2,3)14-25(15-27,17-30)16-29-10-6-7-19(12-29)34-23(31)28-22(26-32)11-18-13-33-21-9-5-4-8-20(18)21/h4-5,8-9,13,17,19,22,32H,6-7,10-12,14,16H2,1-3H3,(H,28,31)/t19-,22-,25?/m0/s1. The lowest BCUT2D eigenvalue weighted by molar-refractivity contribution is -0.116. The van der Waals surface area contributed by atoms with E-state index in [4.69, 9.17) is 9.15 Å². The Hall–Kier alpha value is -2.83. The van der Waals surface area contributed by atoms with Gasteiger partial charge in [0.2, 0.25) is 0 Å². The summed E-state index contributed by atoms with van der Waals surface area (Å²) in [5.41, 5.74) is 0.357. The van der Waals surface area contributed by atoms with Crippen molar-refractivity contribution in [1.29, 1.82) is 5.26 Å². The van der Waals surface area contributed by atoms with E-state index in [1.54, 1.807) is 6.26 Å². The second kappa shape index (κ2) is 11.1. The number of carbonyl (C=O) groups excluding carboxylic acids is 2. The molecule has 0 saturated carbocycles. The number of carbonyl (C=O) groups is 2. The summed E-state index contributed by atoms with van der Waals surface area (Å²) in [5, 5.41) is 23.0. The Bertz CT molecular complexity index is 1030. The molecule has 1 aliphatic heterocycles. The van der Waals surface area contributed by atoms with Crippen LogP contribution in [-0.2, 0) is 16.0 Å². The first-order chi connectivity index (χ1) is 16.2. The number of alkyl carbamates (subject to hydrolysis) is 1. The van der Waals surface area contributed by atoms with Gasteiger partial charge in [-0.25, -0.2) is 4.79 Å². The quantitative estimate of drug-likeness (QED) is 0.431. The number of para-hydroxylation sites is 1. The Morgan fingerprint density at radius 3 is 2.88 bits per heavy atom. The van der Waals surface area contributed by atoms with Crippen molar-refractivity contribution in [2.24, 2.45) is 10.8 Å². The van der Waals surface area contributed by atoms with E-state index >= 15 is 0 Å². The third-order valence-electron chi connectivity index (χ3n) is 6.02. The molecule has 3 atom stereocenters. The highest BCUT2D eigenvalue weighted by atomic mass is 16.6. The highest BCUT2D eigenvalue weighted by Crippen LogP contribution is 2.33. The first kappa shape index (κ1) is 25.8. The molecule has 2 N–H and O–H groups in total. The molecule has 1 fully saturated rings. The SMILES string of the molecule is CC(C)(C)CC(C#N)(C=O)CN1CCC[C@H](OC(=O)N[C@H]([B]O)Cc2coc3ccccc23)C1. The zero-order chi connectivity index (χ0) is 24.8. The fourth-order valence-electron chi connectivity index (χ4n) is 4.74. The van der Waals surface area contributed by atoms with E-state index in [0.29, 0.717) is 32.4 Å². The number of hydrogen-bond donors (Lipinski definition) is 2. The summed E-state index contributed by atoms with van der Waals surface area (Å²) in [6, 6.07) is 9.80. The number of fused-ring (bicyclic) bond motifs is 1. The molecule has 1 radical (unpaired) electrons. The predicted octanol–water partition coefficient (Wildman–Crippen LogP) is 3.25. The van der Waals surface area contributed by atoms with E-state index in [1.807, 2.05) is 49.9 Å². The van der Waals surface area contributed by atoms with Crippen LogP contribution in [0, 0.1) is 22.2 Å². The van der Waals surface area contributed by atoms with E-state index in [1.165, 1.54) is 0 Å². The van der Waals surface area contributed by atoms with Crippen molar-refractivity contribution in [3.8, 4) is 6.07 Å². The maximum atomic E-state index is 12.5. The van der Waals surface area contributed by atoms with E-state index < -0.39 is 17.4 Å². The summed E-state index contributed by atoms with van der Waals surface area (Å²) in [6.07, 6.45) is 3.71. The number of nitriles is 1. The molecule has 3 rings (SSSR count). The van der Waals surface area contributed by atoms with Gasteiger partial charge in [0.05, 0.1) is 12.3 Å². The summed E-state index contributed by atoms with van der Waals surface area (Å²) in [6.45, 7) is 7.53. The largest absolute Gasteiger partial charge is 0.464 e. The van der Waals surface area contributed by atoms with E-state index in [9.17, 15) is 19.9 Å². The zero-order valence-corrected chi connectivity index (χ0v) is 20.1. The topological polar surface area (TPSA) is 116 Å². The van der Waals surface area contributed by atoms with Crippen molar-refractivity contribution in [3.05, 3.63) is 36.1 Å². The molecule has 0 bridgehead atoms. The second-order valence-corrected chi connectivity index (χ2v) is 10.4. The fourth-order valence-corrected chi connectivity index (χ4v) is 4.74. The van der Waals surface area contributed by atoms with Crippen LogP contribution in [0.1, 0.15) is 45.6 Å². The van der Waals surface area contributed by atoms with Gasteiger partial charge in [-0.15, -0.1) is 0 Å². The molecule has 0 aliphatic carbocycles. The number of piperidine rings is 1. The number of aldehydes is 1. The molecule has 1 saturated heterocycles. The van der Waals surface area contributed by atoms with Gasteiger partial charge >= 0.3 is 13.6 Å². The molecule has 1 unspecified atom stereocenters. The van der Waals surface area contributed by atoms with Crippen molar-refractivity contribution in [1.82, 2.24) is 10.2 Å². The number of likely N-dealkylation sites (tertiary alicyclic amines) is 1. The zero-order valence-electron chi connectivity index (χ0n) is 20.1. The van der Waals surface area contributed by atoms with Gasteiger partial charge in [0.25, 0.3) is 0 Å². The Kier molecular flexibility index (Phi) is 8.40. The predicted molar refractivity (Wildman–Crippen MR) is 129 cm³/mol. The van der Waals surface area contributed by atoms with Crippen molar-refractivity contribution in [2.45, 2.75) is 58.5 Å². The monoisotopic (exact) mass is 466 g/mol. The minimum atomic E-state index is -1.09. The first-order valence-electron chi connectivity index (χ1n) is 11.7. The Morgan fingerprint density at radius 2 is 2.21 bits per heavy atom. The van der Waals surface area contributed by atoms with Gasteiger partial charge in [0.1, 0.15) is 23.4 Å². The third-order valence-corrected chi connectivity index (χ3v) is 6.02. The average molecular weight is 466 g/mol. The van der Waals surface area contributed by atoms with Crippen LogP contribution < -0.4 is 5.32 Å². The molecule has 8 nitrogen and oxygen atoms in total. The number of rotatable bonds is 9. The molecule has 9 heteroatoms. The maximum Gasteiger partial charge on any atom is 0.407 e. The van der Waals surface area contributed by atoms with E-state index in [-0.39, 0.29) is 11.5 Å². The summed E-state index contributed by atoms with van der Waals surface area (Å²) >= 11 is 0. The van der Waals surface area contributed by atoms with Gasteiger partial charge < -0.3 is 24.3 Å². The van der Waals surface area contributed by atoms with Crippen LogP contribution in [0.15, 0.2) is 34.9 Å². The smallest absolute Gasteiger partial charge is 0.407 e. The molecule has 1 aromatic carbocycles. The number of hydrogen-bond acceptors (Lipinski definition) is 7. The average Bonchev–Trinajstić information content (AvgIpc) is 3.20. The summed E-state index contributed by atoms with van der Waals surface area (Å²) in [7, 11) is 0.939. The number of furan rings is 1. The van der Waals surface area contributed by atoms with E-state index in [0.717, 1.165) is 43.3 Å². The summed E-state index contributed by atoms with van der Waals surface area (Å²) in [5.74, 6) is -0.638. The van der Waals surface area contributed by atoms with Crippen molar-refractivity contribution in [2.75, 3.05) is 19.6 Å². The fraction of sp³-hybridized carbons (Fsp3) is 0.560. The molecule has 1 aliphatic rings. The van der Waals surface area contributed by atoms with Gasteiger partial charge in [-0.1, -0.05) is 39.0 Å². The van der Waals surface area contributed by atoms with Crippen LogP contribution in [0.4, 0.5) is 4.79 Å². The van der Waals surface area contributed by atoms with E-state index in [2.05, 4.69) is 11.4 Å². The van der Waals surface area contributed by atoms with Crippen LogP contribution in [-0.4, -0.2) is 61.5 Å². The third kappa shape index (κ3) is 6.84. The summed E-state index contributed by atoms with van der Waals surface area (Å²) in [4.78, 5) is 26.4. The molecule has 34 heavy (non-hydrogen) atoms. The molecule has 1 aromatic heterocycles. The Balaban J connectivity index is 1.55. The van der Waals surface area contributed by atoms with Crippen LogP contribution in [0.3, 0.4) is 0 Å². The Labute approximate surface area is 201 Å². The number of nitrogens with zero attached hydrogens (tertiary/aromatic N) is 2. The van der Waals surface area contributed by atoms with Crippen LogP contribution in [0.25, 0.3) is 11.0 Å². The second-order valence-electron chi connectivity index (χ2n) is 10.4. The highest BCUT2D eigenvalue weighted by molar-refractivity contribution is 6.28. The van der Waals surface area contributed by atoms with Crippen molar-refractivity contribution in [3.63, 3.8) is 0 Å². The number of benzene rings is 1. The van der Waals surface area contributed by atoms with Crippen LogP contribution >= 0.6 is 0 Å². The van der Waals surface area contributed by atoms with Gasteiger partial charge in [0.15, 0.2) is 0 Å². The molecule has 2 heterocycles. The Morgan fingerprint density at radius 1 is 1.44 bits per heavy atom. The highest BCUT2D eigenvalue weighted by Gasteiger charge is 2.38. The van der Waals surface area contributed by atoms with Gasteiger partial charge in [0, 0.05) is 24.4 Å². The molecule has 2 aromatic rings. The van der Waals surface area contributed by atoms with Gasteiger partial charge in [-0.2, -0.15) is 5.26 Å². The first-order valence-corrected chi connectivity index (χ1v) is 11.7. The van der Waals surface area contributed by atoms with Crippen LogP contribution in [0.5, 0.6) is 0 Å². The maximum absolute atomic E-state index is 12.5. The minimum absolute atomic E-state index is 0.168. The number of ether oxygens (including phenoxy) is 1. The molecule has 0 spiro atoms. The van der Waals surface area contributed by atoms with Crippen molar-refractivity contribution >= 4 is 30.8 Å². The normalized spacial score (nSPS) is 19.6. The molecule has 181 valence electrons. The summed E-state index contributed by atoms with van der Waals surface area (Å²) < 4.78 is 11.2. The molecular weight excluding hydrogens is 433 g/mol.